The highest BCUT2D eigenvalue weighted by Crippen LogP contribution is 2.24. The molecular formula is C19H25N. The van der Waals surface area contributed by atoms with E-state index in [0.29, 0.717) is 18.0 Å². The quantitative estimate of drug-likeness (QED) is 0.817. The number of benzene rings is 2. The molecule has 0 aromatic heterocycles. The van der Waals surface area contributed by atoms with E-state index in [0.717, 1.165) is 0 Å². The molecule has 2 aromatic carbocycles. The Balaban J connectivity index is 2.12. The van der Waals surface area contributed by atoms with Crippen LogP contribution in [0.4, 0.5) is 0 Å². The molecule has 0 aliphatic heterocycles. The van der Waals surface area contributed by atoms with Crippen LogP contribution in [0, 0.1) is 0 Å². The Morgan fingerprint density at radius 3 is 1.80 bits per heavy atom. The van der Waals surface area contributed by atoms with Crippen LogP contribution in [0.25, 0.3) is 11.1 Å². The lowest BCUT2D eigenvalue weighted by Crippen LogP contribution is -2.36. The van der Waals surface area contributed by atoms with Gasteiger partial charge in [-0.3, -0.25) is 0 Å². The molecule has 2 rings (SSSR count). The molecule has 0 bridgehead atoms. The monoisotopic (exact) mass is 267 g/mol. The Kier molecular flexibility index (Phi) is 4.97. The molecule has 1 nitrogen and oxygen atoms in total. The van der Waals surface area contributed by atoms with E-state index in [1.54, 1.807) is 0 Å². The molecule has 2 unspecified atom stereocenters. The standard InChI is InChI=1S/C19H25N/c1-14(2)20-16(4)15(3)17-10-12-19(13-11-17)18-8-6-5-7-9-18/h5-16,20H,1-4H3. The van der Waals surface area contributed by atoms with Crippen molar-refractivity contribution in [1.82, 2.24) is 5.32 Å². The number of hydrogen-bond donors (Lipinski definition) is 1. The summed E-state index contributed by atoms with van der Waals surface area (Å²) in [6.07, 6.45) is 0. The lowest BCUT2D eigenvalue weighted by atomic mass is 9.92. The molecule has 0 heterocycles. The van der Waals surface area contributed by atoms with Crippen LogP contribution in [0.3, 0.4) is 0 Å². The van der Waals surface area contributed by atoms with Crippen molar-refractivity contribution >= 4 is 0 Å². The van der Waals surface area contributed by atoms with Gasteiger partial charge < -0.3 is 5.32 Å². The van der Waals surface area contributed by atoms with Crippen LogP contribution in [-0.4, -0.2) is 12.1 Å². The fourth-order valence-corrected chi connectivity index (χ4v) is 2.57. The highest BCUT2D eigenvalue weighted by Gasteiger charge is 2.14. The summed E-state index contributed by atoms with van der Waals surface area (Å²) in [6, 6.07) is 20.5. The van der Waals surface area contributed by atoms with Crippen molar-refractivity contribution in [3.05, 3.63) is 60.2 Å². The Morgan fingerprint density at radius 1 is 0.700 bits per heavy atom. The molecule has 2 aromatic rings. The van der Waals surface area contributed by atoms with Gasteiger partial charge in [0.2, 0.25) is 0 Å². The van der Waals surface area contributed by atoms with Gasteiger partial charge in [-0.15, -0.1) is 0 Å². The van der Waals surface area contributed by atoms with Gasteiger partial charge in [-0.2, -0.15) is 0 Å². The smallest absolute Gasteiger partial charge is 0.0107 e. The minimum absolute atomic E-state index is 0.484. The van der Waals surface area contributed by atoms with E-state index in [2.05, 4.69) is 87.6 Å². The number of hydrogen-bond acceptors (Lipinski definition) is 1. The Bertz CT molecular complexity index is 513. The summed E-state index contributed by atoms with van der Waals surface area (Å²) in [5.41, 5.74) is 3.96. The van der Waals surface area contributed by atoms with Gasteiger partial charge in [0.1, 0.15) is 0 Å². The highest BCUT2D eigenvalue weighted by molar-refractivity contribution is 5.63. The molecule has 0 aliphatic rings. The van der Waals surface area contributed by atoms with Crippen molar-refractivity contribution in [1.29, 1.82) is 0 Å². The first-order valence-electron chi connectivity index (χ1n) is 7.49. The van der Waals surface area contributed by atoms with Crippen molar-refractivity contribution in [3.63, 3.8) is 0 Å². The van der Waals surface area contributed by atoms with Crippen molar-refractivity contribution < 1.29 is 0 Å². The summed E-state index contributed by atoms with van der Waals surface area (Å²) in [7, 11) is 0. The normalized spacial score (nSPS) is 14.2. The summed E-state index contributed by atoms with van der Waals surface area (Å²) in [5, 5.41) is 3.59. The first-order valence-corrected chi connectivity index (χ1v) is 7.49. The third-order valence-corrected chi connectivity index (χ3v) is 3.89. The summed E-state index contributed by atoms with van der Waals surface area (Å²) in [5.74, 6) is 0.516. The van der Waals surface area contributed by atoms with Crippen molar-refractivity contribution in [2.24, 2.45) is 0 Å². The molecule has 0 amide bonds. The zero-order valence-electron chi connectivity index (χ0n) is 12.9. The molecule has 1 N–H and O–H groups in total. The van der Waals surface area contributed by atoms with Crippen LogP contribution >= 0.6 is 0 Å². The van der Waals surface area contributed by atoms with Gasteiger partial charge in [0.15, 0.2) is 0 Å². The minimum atomic E-state index is 0.484. The molecule has 0 spiro atoms. The van der Waals surface area contributed by atoms with Gasteiger partial charge in [0, 0.05) is 12.1 Å². The van der Waals surface area contributed by atoms with Gasteiger partial charge >= 0.3 is 0 Å². The number of rotatable bonds is 5. The van der Waals surface area contributed by atoms with Crippen LogP contribution < -0.4 is 5.32 Å². The molecule has 0 radical (unpaired) electrons. The predicted molar refractivity (Wildman–Crippen MR) is 88.0 cm³/mol. The van der Waals surface area contributed by atoms with Crippen molar-refractivity contribution in [3.8, 4) is 11.1 Å². The maximum Gasteiger partial charge on any atom is 0.0107 e. The minimum Gasteiger partial charge on any atom is -0.311 e. The second-order valence-electron chi connectivity index (χ2n) is 5.89. The molecule has 1 heteroatoms. The molecule has 0 saturated carbocycles. The van der Waals surface area contributed by atoms with Crippen molar-refractivity contribution in [2.45, 2.75) is 45.7 Å². The maximum atomic E-state index is 3.59. The lowest BCUT2D eigenvalue weighted by Gasteiger charge is -2.24. The summed E-state index contributed by atoms with van der Waals surface area (Å²) in [4.78, 5) is 0. The van der Waals surface area contributed by atoms with Crippen LogP contribution in [-0.2, 0) is 0 Å². The first kappa shape index (κ1) is 14.8. The summed E-state index contributed by atoms with van der Waals surface area (Å²) >= 11 is 0. The topological polar surface area (TPSA) is 12.0 Å². The average Bonchev–Trinajstić information content (AvgIpc) is 2.47. The highest BCUT2D eigenvalue weighted by atomic mass is 14.9. The van der Waals surface area contributed by atoms with Gasteiger partial charge in [-0.25, -0.2) is 0 Å². The Hall–Kier alpha value is -1.60. The third-order valence-electron chi connectivity index (χ3n) is 3.89. The first-order chi connectivity index (χ1) is 9.58. The van der Waals surface area contributed by atoms with Crippen molar-refractivity contribution in [2.75, 3.05) is 0 Å². The molecule has 0 fully saturated rings. The van der Waals surface area contributed by atoms with Gasteiger partial charge in [-0.05, 0) is 29.5 Å². The second kappa shape index (κ2) is 6.71. The molecule has 0 aliphatic carbocycles. The van der Waals surface area contributed by atoms with Crippen LogP contribution in [0.15, 0.2) is 54.6 Å². The zero-order chi connectivity index (χ0) is 14.5. The summed E-state index contributed by atoms with van der Waals surface area (Å²) < 4.78 is 0. The lowest BCUT2D eigenvalue weighted by molar-refractivity contribution is 0.439. The van der Waals surface area contributed by atoms with Crippen LogP contribution in [0.2, 0.25) is 0 Å². The second-order valence-corrected chi connectivity index (χ2v) is 5.89. The Labute approximate surface area is 123 Å². The Morgan fingerprint density at radius 2 is 1.25 bits per heavy atom. The van der Waals surface area contributed by atoms with Gasteiger partial charge in [0.25, 0.3) is 0 Å². The maximum absolute atomic E-state index is 3.59. The van der Waals surface area contributed by atoms with E-state index in [4.69, 9.17) is 0 Å². The van der Waals surface area contributed by atoms with Gasteiger partial charge in [-0.1, -0.05) is 75.4 Å². The van der Waals surface area contributed by atoms with E-state index < -0.39 is 0 Å². The largest absolute Gasteiger partial charge is 0.311 e. The van der Waals surface area contributed by atoms with Crippen LogP contribution in [0.1, 0.15) is 39.2 Å². The summed E-state index contributed by atoms with van der Waals surface area (Å²) in [6.45, 7) is 8.94. The van der Waals surface area contributed by atoms with E-state index in [1.165, 1.54) is 16.7 Å². The van der Waals surface area contributed by atoms with Gasteiger partial charge in [0.05, 0.1) is 0 Å². The molecular weight excluding hydrogens is 242 g/mol. The molecule has 20 heavy (non-hydrogen) atoms. The molecule has 0 saturated heterocycles. The van der Waals surface area contributed by atoms with E-state index >= 15 is 0 Å². The van der Waals surface area contributed by atoms with Crippen LogP contribution in [0.5, 0.6) is 0 Å². The fourth-order valence-electron chi connectivity index (χ4n) is 2.57. The SMILES string of the molecule is CC(C)NC(C)C(C)c1ccc(-c2ccccc2)cc1. The third kappa shape index (κ3) is 3.71. The zero-order valence-corrected chi connectivity index (χ0v) is 12.9. The fraction of sp³-hybridized carbons (Fsp3) is 0.368. The van der Waals surface area contributed by atoms with E-state index in [-0.39, 0.29) is 0 Å². The van der Waals surface area contributed by atoms with E-state index in [9.17, 15) is 0 Å². The van der Waals surface area contributed by atoms with E-state index in [1.807, 2.05) is 0 Å². The molecule has 2 atom stereocenters. The number of nitrogens with one attached hydrogen (secondary N) is 1. The predicted octanol–water partition coefficient (Wildman–Crippen LogP) is 4.84. The molecule has 106 valence electrons. The average molecular weight is 267 g/mol.